The van der Waals surface area contributed by atoms with Crippen LogP contribution in [0, 0.1) is 0 Å². The van der Waals surface area contributed by atoms with Gasteiger partial charge in [-0.25, -0.2) is 0 Å². The van der Waals surface area contributed by atoms with Crippen LogP contribution in [0.25, 0.3) is 0 Å². The first-order valence-electron chi connectivity index (χ1n) is 4.62. The molecule has 0 radical (unpaired) electrons. The predicted octanol–water partition coefficient (Wildman–Crippen LogP) is 3.51. The lowest BCUT2D eigenvalue weighted by molar-refractivity contribution is 0.208. The molecule has 1 aromatic rings. The Morgan fingerprint density at radius 3 is 2.75 bits per heavy atom. The third-order valence-corrected chi connectivity index (χ3v) is 3.13. The largest absolute Gasteiger partial charge is 0.392 e. The van der Waals surface area contributed by atoms with E-state index in [-0.39, 0.29) is 0 Å². The minimum Gasteiger partial charge on any atom is -0.392 e. The second-order valence-electron chi connectivity index (χ2n) is 3.41. The summed E-state index contributed by atoms with van der Waals surface area (Å²) in [5.74, 6) is 0. The van der Waals surface area contributed by atoms with Crippen LogP contribution in [-0.4, -0.2) is 17.8 Å². The molecule has 0 amide bonds. The van der Waals surface area contributed by atoms with Crippen LogP contribution >= 0.6 is 23.2 Å². The van der Waals surface area contributed by atoms with Gasteiger partial charge in [-0.1, -0.05) is 23.2 Å². The summed E-state index contributed by atoms with van der Waals surface area (Å²) < 4.78 is 8.22. The summed E-state index contributed by atoms with van der Waals surface area (Å²) in [4.78, 5) is 0. The van der Waals surface area contributed by atoms with Gasteiger partial charge in [0.2, 0.25) is 0 Å². The third-order valence-electron chi connectivity index (χ3n) is 2.02. The van der Waals surface area contributed by atoms with Crippen LogP contribution in [0.3, 0.4) is 0 Å². The Bertz CT molecular complexity index is 498. The first-order chi connectivity index (χ1) is 7.59. The highest BCUT2D eigenvalue weighted by Crippen LogP contribution is 2.47. The molecule has 4 nitrogen and oxygen atoms in total. The number of halogens is 2. The highest BCUT2D eigenvalue weighted by atomic mass is 35.5. The quantitative estimate of drug-likeness (QED) is 0.902. The molecule has 7 heteroatoms. The molecule has 0 bridgehead atoms. The zero-order chi connectivity index (χ0) is 11.7. The van der Waals surface area contributed by atoms with E-state index in [1.807, 2.05) is 0 Å². The Morgan fingerprint density at radius 1 is 1.38 bits per heavy atom. The second kappa shape index (κ2) is 4.71. The second-order valence-corrected chi connectivity index (χ2v) is 4.75. The molecule has 2 rings (SSSR count). The van der Waals surface area contributed by atoms with Crippen LogP contribution in [0.15, 0.2) is 14.8 Å². The molecule has 0 unspecified atom stereocenters. The molecule has 1 heterocycles. The molecule has 2 N–H and O–H groups in total. The van der Waals surface area contributed by atoms with Crippen molar-refractivity contribution in [1.29, 1.82) is 0 Å². The molecule has 0 spiro atoms. The number of hydrogen-bond acceptors (Lipinski definition) is 4. The summed E-state index contributed by atoms with van der Waals surface area (Å²) >= 11 is 13.1. The van der Waals surface area contributed by atoms with Gasteiger partial charge in [0.15, 0.2) is 0 Å². The smallest absolute Gasteiger partial charge is 0.130 e. The molecule has 1 atom stereocenters. The van der Waals surface area contributed by atoms with Gasteiger partial charge in [0.05, 0.1) is 33.2 Å². The van der Waals surface area contributed by atoms with E-state index in [9.17, 15) is 5.11 Å². The first-order valence-corrected chi connectivity index (χ1v) is 6.10. The maximum absolute atomic E-state index is 9.22. The summed E-state index contributed by atoms with van der Waals surface area (Å²) in [7, 11) is 0. The van der Waals surface area contributed by atoms with E-state index < -0.39 is 6.10 Å². The summed E-state index contributed by atoms with van der Waals surface area (Å²) in [6, 6.07) is 1.62. The summed E-state index contributed by atoms with van der Waals surface area (Å²) in [5, 5.41) is 13.2. The molecule has 0 aliphatic carbocycles. The van der Waals surface area contributed by atoms with Gasteiger partial charge in [-0.2, -0.15) is 8.73 Å². The number of aliphatic hydroxyl groups is 1. The van der Waals surface area contributed by atoms with Crippen molar-refractivity contribution in [2.24, 2.45) is 8.73 Å². The van der Waals surface area contributed by atoms with E-state index in [0.717, 1.165) is 11.4 Å². The molecule has 1 aromatic carbocycles. The maximum Gasteiger partial charge on any atom is 0.130 e. The van der Waals surface area contributed by atoms with Crippen molar-refractivity contribution in [2.75, 3.05) is 11.9 Å². The van der Waals surface area contributed by atoms with E-state index in [1.54, 1.807) is 13.0 Å². The van der Waals surface area contributed by atoms with E-state index in [4.69, 9.17) is 23.2 Å². The molecule has 86 valence electrons. The topological polar surface area (TPSA) is 57.0 Å². The minimum absolute atomic E-state index is 0.397. The fraction of sp³-hybridized carbons (Fsp3) is 0.333. The molecular weight excluding hydrogens is 269 g/mol. The van der Waals surface area contributed by atoms with Gasteiger partial charge in [0.1, 0.15) is 11.4 Å². The number of hydrogen-bond donors (Lipinski definition) is 2. The lowest BCUT2D eigenvalue weighted by Crippen LogP contribution is -2.15. The fourth-order valence-electron chi connectivity index (χ4n) is 1.29. The molecule has 0 aromatic heterocycles. The standard InChI is InChI=1S/C9H9Cl2N3OS/c1-4(15)3-12-7-5(10)2-6(11)8-9(7)14-16-13-8/h2,4,12,15H,3H2,1H3/t4-/m1/s1. The van der Waals surface area contributed by atoms with Crippen molar-refractivity contribution >= 4 is 51.6 Å². The van der Waals surface area contributed by atoms with Gasteiger partial charge >= 0.3 is 0 Å². The van der Waals surface area contributed by atoms with E-state index in [1.165, 1.54) is 0 Å². The number of nitrogens with one attached hydrogen (secondary N) is 1. The number of aliphatic hydroxyl groups excluding tert-OH is 1. The fourth-order valence-corrected chi connectivity index (χ4v) is 2.47. The summed E-state index contributed by atoms with van der Waals surface area (Å²) in [6.07, 6.45) is -0.464. The summed E-state index contributed by atoms with van der Waals surface area (Å²) in [6.45, 7) is 2.08. The van der Waals surface area contributed by atoms with Gasteiger partial charge in [0, 0.05) is 6.54 Å². The molecule has 0 fully saturated rings. The van der Waals surface area contributed by atoms with Crippen LogP contribution < -0.4 is 5.32 Å². The number of nitrogens with zero attached hydrogens (tertiary/aromatic N) is 2. The number of rotatable bonds is 3. The first kappa shape index (κ1) is 11.9. The number of anilines is 1. The van der Waals surface area contributed by atoms with Gasteiger partial charge in [-0.3, -0.25) is 0 Å². The van der Waals surface area contributed by atoms with Crippen LogP contribution in [0.5, 0.6) is 0 Å². The van der Waals surface area contributed by atoms with Crippen LogP contribution in [-0.2, 0) is 11.4 Å². The average Bonchev–Trinajstić information content (AvgIpc) is 2.65. The average molecular weight is 278 g/mol. The Labute approximate surface area is 106 Å². The van der Waals surface area contributed by atoms with Crippen molar-refractivity contribution in [3.05, 3.63) is 16.1 Å². The minimum atomic E-state index is -0.464. The van der Waals surface area contributed by atoms with E-state index >= 15 is 0 Å². The maximum atomic E-state index is 9.22. The normalized spacial score (nSPS) is 14.5. The van der Waals surface area contributed by atoms with Crippen molar-refractivity contribution in [2.45, 2.75) is 13.0 Å². The Balaban J connectivity index is 2.39. The third kappa shape index (κ3) is 2.22. The molecule has 0 saturated heterocycles. The Morgan fingerprint density at radius 2 is 2.06 bits per heavy atom. The number of benzene rings is 1. The molecule has 16 heavy (non-hydrogen) atoms. The lowest BCUT2D eigenvalue weighted by Gasteiger charge is -2.13. The Kier molecular flexibility index (Phi) is 3.49. The predicted molar refractivity (Wildman–Crippen MR) is 68.2 cm³/mol. The van der Waals surface area contributed by atoms with Crippen LogP contribution in [0.2, 0.25) is 10.0 Å². The van der Waals surface area contributed by atoms with Crippen LogP contribution in [0.4, 0.5) is 17.1 Å². The van der Waals surface area contributed by atoms with Crippen molar-refractivity contribution in [3.8, 4) is 0 Å². The van der Waals surface area contributed by atoms with Gasteiger partial charge in [-0.05, 0) is 13.0 Å². The van der Waals surface area contributed by atoms with Crippen molar-refractivity contribution in [1.82, 2.24) is 0 Å². The molecule has 1 aliphatic heterocycles. The van der Waals surface area contributed by atoms with Crippen molar-refractivity contribution in [3.63, 3.8) is 0 Å². The highest BCUT2D eigenvalue weighted by Gasteiger charge is 2.18. The zero-order valence-electron chi connectivity index (χ0n) is 8.37. The van der Waals surface area contributed by atoms with Gasteiger partial charge < -0.3 is 10.4 Å². The highest BCUT2D eigenvalue weighted by molar-refractivity contribution is 7.58. The zero-order valence-corrected chi connectivity index (χ0v) is 10.7. The monoisotopic (exact) mass is 277 g/mol. The molecular formula is C9H9Cl2N3OS. The van der Waals surface area contributed by atoms with Gasteiger partial charge in [0.25, 0.3) is 0 Å². The van der Waals surface area contributed by atoms with Crippen molar-refractivity contribution < 1.29 is 5.11 Å². The summed E-state index contributed by atoms with van der Waals surface area (Å²) in [5.41, 5.74) is 1.93. The SMILES string of the molecule is C[C@@H](O)CNc1c(Cl)cc(Cl)c2c1N=S=N2. The van der Waals surface area contributed by atoms with Crippen LogP contribution in [0.1, 0.15) is 6.92 Å². The van der Waals surface area contributed by atoms with Gasteiger partial charge in [-0.15, -0.1) is 0 Å². The molecule has 1 aliphatic rings. The Hall–Kier alpha value is -0.620. The molecule has 0 saturated carbocycles. The van der Waals surface area contributed by atoms with E-state index in [2.05, 4.69) is 14.0 Å². The lowest BCUT2D eigenvalue weighted by atomic mass is 10.2. The number of fused-ring (bicyclic) bond motifs is 1. The van der Waals surface area contributed by atoms with E-state index in [0.29, 0.717) is 33.7 Å².